The van der Waals surface area contributed by atoms with Crippen LogP contribution in [-0.2, 0) is 9.59 Å². The Hall–Kier alpha value is -2.78. The Morgan fingerprint density at radius 3 is 2.64 bits per heavy atom. The fourth-order valence-corrected chi connectivity index (χ4v) is 3.55. The predicted molar refractivity (Wildman–Crippen MR) is 110 cm³/mol. The first kappa shape index (κ1) is 20.0. The molecule has 3 amide bonds. The minimum absolute atomic E-state index is 0.0302. The van der Waals surface area contributed by atoms with E-state index in [0.29, 0.717) is 11.3 Å². The second-order valence-corrected chi connectivity index (χ2v) is 7.66. The molecule has 2 N–H and O–H groups in total. The van der Waals surface area contributed by atoms with Crippen molar-refractivity contribution in [3.63, 3.8) is 0 Å². The van der Waals surface area contributed by atoms with Gasteiger partial charge in [-0.05, 0) is 59.8 Å². The zero-order valence-electron chi connectivity index (χ0n) is 14.6. The molecule has 0 aliphatic carbocycles. The number of carbonyl (C=O) groups excluding carboxylic acids is 3. The molecule has 0 aromatic heterocycles. The molecule has 1 heterocycles. The lowest BCUT2D eigenvalue weighted by molar-refractivity contribution is -0.127. The molecular weight excluding hydrogens is 448 g/mol. The van der Waals surface area contributed by atoms with Crippen molar-refractivity contribution in [2.45, 2.75) is 0 Å². The molecule has 144 valence electrons. The molecule has 3 rings (SSSR count). The van der Waals surface area contributed by atoms with E-state index in [1.54, 1.807) is 36.4 Å². The van der Waals surface area contributed by atoms with E-state index < -0.39 is 17.1 Å². The first-order valence-corrected chi connectivity index (χ1v) is 9.66. The van der Waals surface area contributed by atoms with Gasteiger partial charge in [0.1, 0.15) is 6.54 Å². The Balaban J connectivity index is 1.70. The highest BCUT2D eigenvalue weighted by Gasteiger charge is 2.36. The van der Waals surface area contributed by atoms with Crippen LogP contribution in [0, 0.1) is 0 Å². The van der Waals surface area contributed by atoms with E-state index in [1.165, 1.54) is 19.3 Å². The van der Waals surface area contributed by atoms with Crippen molar-refractivity contribution in [3.8, 4) is 11.5 Å². The first-order chi connectivity index (χ1) is 13.4. The summed E-state index contributed by atoms with van der Waals surface area (Å²) in [5, 5.41) is 11.8. The van der Waals surface area contributed by atoms with Gasteiger partial charge >= 0.3 is 0 Å². The van der Waals surface area contributed by atoms with Crippen LogP contribution in [0.15, 0.2) is 51.8 Å². The minimum atomic E-state index is -0.548. The lowest BCUT2D eigenvalue weighted by atomic mass is 10.2. The number of halogens is 1. The van der Waals surface area contributed by atoms with Crippen molar-refractivity contribution in [2.24, 2.45) is 0 Å². The SMILES string of the molecule is COc1cc(/C=C2/SC(=O)N(CC(=O)Nc3ccc(Br)cc3)C2=O)ccc1O. The van der Waals surface area contributed by atoms with Crippen LogP contribution in [0.25, 0.3) is 6.08 Å². The molecule has 0 bridgehead atoms. The van der Waals surface area contributed by atoms with Crippen molar-refractivity contribution in [2.75, 3.05) is 19.0 Å². The van der Waals surface area contributed by atoms with E-state index in [0.717, 1.165) is 21.1 Å². The smallest absolute Gasteiger partial charge is 0.294 e. The van der Waals surface area contributed by atoms with Crippen molar-refractivity contribution in [3.05, 3.63) is 57.4 Å². The van der Waals surface area contributed by atoms with Crippen molar-refractivity contribution in [1.82, 2.24) is 4.90 Å². The van der Waals surface area contributed by atoms with E-state index in [4.69, 9.17) is 4.74 Å². The monoisotopic (exact) mass is 462 g/mol. The Labute approximate surface area is 173 Å². The summed E-state index contributed by atoms with van der Waals surface area (Å²) in [6.07, 6.45) is 1.51. The molecule has 9 heteroatoms. The van der Waals surface area contributed by atoms with Crippen molar-refractivity contribution >= 4 is 56.5 Å². The van der Waals surface area contributed by atoms with Crippen LogP contribution < -0.4 is 10.1 Å². The third-order valence-electron chi connectivity index (χ3n) is 3.80. The summed E-state index contributed by atoms with van der Waals surface area (Å²) in [6, 6.07) is 11.5. The quantitative estimate of drug-likeness (QED) is 0.655. The Morgan fingerprint density at radius 1 is 1.25 bits per heavy atom. The largest absolute Gasteiger partial charge is 0.504 e. The number of anilines is 1. The van der Waals surface area contributed by atoms with E-state index in [2.05, 4.69) is 21.2 Å². The summed E-state index contributed by atoms with van der Waals surface area (Å²) in [4.78, 5) is 38.0. The number of thioether (sulfide) groups is 1. The number of rotatable bonds is 5. The van der Waals surface area contributed by atoms with E-state index >= 15 is 0 Å². The van der Waals surface area contributed by atoms with Gasteiger partial charge in [0, 0.05) is 10.2 Å². The van der Waals surface area contributed by atoms with Gasteiger partial charge in [-0.15, -0.1) is 0 Å². The highest BCUT2D eigenvalue weighted by molar-refractivity contribution is 9.10. The molecule has 1 saturated heterocycles. The Bertz CT molecular complexity index is 975. The molecule has 1 aliphatic heterocycles. The van der Waals surface area contributed by atoms with Crippen molar-refractivity contribution < 1.29 is 24.2 Å². The molecule has 28 heavy (non-hydrogen) atoms. The fourth-order valence-electron chi connectivity index (χ4n) is 2.45. The third-order valence-corrected chi connectivity index (χ3v) is 5.24. The number of methoxy groups -OCH3 is 1. The number of aromatic hydroxyl groups is 1. The number of amides is 3. The van der Waals surface area contributed by atoms with Gasteiger partial charge in [0.05, 0.1) is 12.0 Å². The zero-order chi connectivity index (χ0) is 20.3. The molecule has 0 atom stereocenters. The molecule has 2 aromatic carbocycles. The number of hydrogen-bond donors (Lipinski definition) is 2. The third kappa shape index (κ3) is 4.55. The van der Waals surface area contributed by atoms with Gasteiger partial charge in [0.15, 0.2) is 11.5 Å². The van der Waals surface area contributed by atoms with Crippen LogP contribution in [0.4, 0.5) is 10.5 Å². The van der Waals surface area contributed by atoms with Crippen LogP contribution in [0.2, 0.25) is 0 Å². The van der Waals surface area contributed by atoms with Gasteiger partial charge < -0.3 is 15.2 Å². The molecular formula is C19H15BrN2O5S. The second-order valence-electron chi connectivity index (χ2n) is 5.75. The maximum Gasteiger partial charge on any atom is 0.294 e. The number of imide groups is 1. The Morgan fingerprint density at radius 2 is 1.96 bits per heavy atom. The van der Waals surface area contributed by atoms with Gasteiger partial charge in [0.25, 0.3) is 11.1 Å². The standard InChI is InChI=1S/C19H15BrN2O5S/c1-27-15-8-11(2-7-14(15)23)9-16-18(25)22(19(26)28-16)10-17(24)21-13-5-3-12(20)4-6-13/h2-9,23H,10H2,1H3,(H,21,24)/b16-9+. The van der Waals surface area contributed by atoms with Gasteiger partial charge in [-0.3, -0.25) is 19.3 Å². The average molecular weight is 463 g/mol. The zero-order valence-corrected chi connectivity index (χ0v) is 17.0. The summed E-state index contributed by atoms with van der Waals surface area (Å²) in [7, 11) is 1.41. The second kappa shape index (κ2) is 8.49. The number of ether oxygens (including phenoxy) is 1. The summed E-state index contributed by atoms with van der Waals surface area (Å²) in [5.74, 6) is -0.801. The minimum Gasteiger partial charge on any atom is -0.504 e. The summed E-state index contributed by atoms with van der Waals surface area (Å²) < 4.78 is 5.90. The summed E-state index contributed by atoms with van der Waals surface area (Å²) in [5.41, 5.74) is 1.14. The van der Waals surface area contributed by atoms with Gasteiger partial charge in [0.2, 0.25) is 5.91 Å². The first-order valence-electron chi connectivity index (χ1n) is 8.05. The maximum absolute atomic E-state index is 12.5. The van der Waals surface area contributed by atoms with Crippen LogP contribution in [0.1, 0.15) is 5.56 Å². The number of phenolic OH excluding ortho intramolecular Hbond substituents is 1. The molecule has 1 fully saturated rings. The van der Waals surface area contributed by atoms with Crippen LogP contribution in [0.3, 0.4) is 0 Å². The Kier molecular flexibility index (Phi) is 6.05. The summed E-state index contributed by atoms with van der Waals surface area (Å²) >= 11 is 4.06. The van der Waals surface area contributed by atoms with E-state index in [-0.39, 0.29) is 22.9 Å². The van der Waals surface area contributed by atoms with Gasteiger partial charge in [-0.1, -0.05) is 22.0 Å². The molecule has 0 spiro atoms. The summed E-state index contributed by atoms with van der Waals surface area (Å²) in [6.45, 7) is -0.378. The number of nitrogens with zero attached hydrogens (tertiary/aromatic N) is 1. The van der Waals surface area contributed by atoms with E-state index in [9.17, 15) is 19.5 Å². The lowest BCUT2D eigenvalue weighted by Crippen LogP contribution is -2.36. The van der Waals surface area contributed by atoms with Crippen LogP contribution >= 0.6 is 27.7 Å². The number of phenols is 1. The number of hydrogen-bond acceptors (Lipinski definition) is 6. The normalized spacial score (nSPS) is 15.2. The fraction of sp³-hybridized carbons (Fsp3) is 0.105. The topological polar surface area (TPSA) is 95.9 Å². The van der Waals surface area contributed by atoms with Gasteiger partial charge in [-0.25, -0.2) is 0 Å². The number of benzene rings is 2. The molecule has 7 nitrogen and oxygen atoms in total. The number of carbonyl (C=O) groups is 3. The predicted octanol–water partition coefficient (Wildman–Crippen LogP) is 3.84. The molecule has 1 aliphatic rings. The van der Waals surface area contributed by atoms with E-state index in [1.807, 2.05) is 0 Å². The van der Waals surface area contributed by atoms with Crippen LogP contribution in [-0.4, -0.2) is 40.7 Å². The highest BCUT2D eigenvalue weighted by atomic mass is 79.9. The molecule has 0 saturated carbocycles. The maximum atomic E-state index is 12.5. The highest BCUT2D eigenvalue weighted by Crippen LogP contribution is 2.34. The number of nitrogens with one attached hydrogen (secondary N) is 1. The lowest BCUT2D eigenvalue weighted by Gasteiger charge is -2.12. The molecule has 0 radical (unpaired) electrons. The average Bonchev–Trinajstić information content (AvgIpc) is 2.92. The molecule has 0 unspecified atom stereocenters. The molecule has 2 aromatic rings. The van der Waals surface area contributed by atoms with Gasteiger partial charge in [-0.2, -0.15) is 0 Å². The van der Waals surface area contributed by atoms with Crippen LogP contribution in [0.5, 0.6) is 11.5 Å². The van der Waals surface area contributed by atoms with Crippen molar-refractivity contribution in [1.29, 1.82) is 0 Å².